The molecule has 0 N–H and O–H groups in total. The number of fused-ring (bicyclic) bond motifs is 20. The Morgan fingerprint density at radius 1 is 0.410 bits per heavy atom. The first kappa shape index (κ1) is 32.8. The monoisotopic (exact) mass is 776 g/mol. The van der Waals surface area contributed by atoms with Crippen LogP contribution in [-0.2, 0) is 5.41 Å². The van der Waals surface area contributed by atoms with Crippen molar-refractivity contribution in [2.75, 3.05) is 0 Å². The van der Waals surface area contributed by atoms with Gasteiger partial charge in [0.15, 0.2) is 11.6 Å². The molecule has 0 radical (unpaired) electrons. The Morgan fingerprint density at radius 2 is 0.967 bits per heavy atom. The van der Waals surface area contributed by atoms with Gasteiger partial charge in [-0.05, 0) is 80.0 Å². The van der Waals surface area contributed by atoms with E-state index in [2.05, 4.69) is 162 Å². The highest BCUT2D eigenvalue weighted by Crippen LogP contribution is 2.66. The summed E-state index contributed by atoms with van der Waals surface area (Å²) >= 11 is 0. The van der Waals surface area contributed by atoms with Crippen molar-refractivity contribution in [3.63, 3.8) is 0 Å². The Balaban J connectivity index is 1.18. The van der Waals surface area contributed by atoms with Gasteiger partial charge in [-0.2, -0.15) is 9.97 Å². The predicted molar refractivity (Wildman–Crippen MR) is 246 cm³/mol. The molecule has 0 unspecified atom stereocenters. The summed E-state index contributed by atoms with van der Waals surface area (Å²) in [7, 11) is 0. The van der Waals surface area contributed by atoms with Gasteiger partial charge < -0.3 is 4.42 Å². The van der Waals surface area contributed by atoms with Crippen LogP contribution in [0.4, 0.5) is 0 Å². The zero-order valence-corrected chi connectivity index (χ0v) is 32.7. The van der Waals surface area contributed by atoms with E-state index in [0.717, 1.165) is 49.5 Å². The van der Waals surface area contributed by atoms with Crippen molar-refractivity contribution in [3.05, 3.63) is 216 Å². The minimum atomic E-state index is -0.612. The van der Waals surface area contributed by atoms with Crippen molar-refractivity contribution >= 4 is 54.5 Å². The number of hydrogen-bond acceptors (Lipinski definition) is 4. The van der Waals surface area contributed by atoms with Crippen LogP contribution >= 0.6 is 0 Å². The lowest BCUT2D eigenvalue weighted by atomic mass is 9.70. The van der Waals surface area contributed by atoms with E-state index in [1.165, 1.54) is 60.7 Å². The summed E-state index contributed by atoms with van der Waals surface area (Å²) in [5, 5.41) is 6.86. The summed E-state index contributed by atoms with van der Waals surface area (Å²) in [5.41, 5.74) is 15.2. The first-order valence-electron chi connectivity index (χ1n) is 20.8. The number of furan rings is 1. The van der Waals surface area contributed by atoms with Crippen LogP contribution < -0.4 is 0 Å². The van der Waals surface area contributed by atoms with Crippen LogP contribution in [-0.4, -0.2) is 19.5 Å². The molecule has 0 amide bonds. The van der Waals surface area contributed by atoms with Gasteiger partial charge in [-0.25, -0.2) is 4.98 Å². The topological polar surface area (TPSA) is 56.7 Å². The lowest BCUT2D eigenvalue weighted by Crippen LogP contribution is -2.26. The molecule has 9 aromatic carbocycles. The van der Waals surface area contributed by atoms with E-state index in [-0.39, 0.29) is 0 Å². The zero-order chi connectivity index (χ0) is 39.8. The van der Waals surface area contributed by atoms with E-state index >= 15 is 0 Å². The lowest BCUT2D eigenvalue weighted by molar-refractivity contribution is 0.669. The number of hydrogen-bond donors (Lipinski definition) is 0. The first-order valence-corrected chi connectivity index (χ1v) is 20.8. The van der Waals surface area contributed by atoms with Crippen molar-refractivity contribution in [2.45, 2.75) is 5.41 Å². The summed E-state index contributed by atoms with van der Waals surface area (Å²) in [6.45, 7) is 0. The van der Waals surface area contributed by atoms with E-state index in [0.29, 0.717) is 17.6 Å². The van der Waals surface area contributed by atoms with Crippen molar-refractivity contribution in [3.8, 4) is 51.0 Å². The third-order valence-electron chi connectivity index (χ3n) is 13.2. The van der Waals surface area contributed by atoms with Crippen molar-refractivity contribution < 1.29 is 4.42 Å². The molecule has 12 aromatic rings. The van der Waals surface area contributed by atoms with E-state index < -0.39 is 5.41 Å². The molecule has 3 heterocycles. The minimum Gasteiger partial charge on any atom is -0.456 e. The van der Waals surface area contributed by atoms with Gasteiger partial charge in [0.25, 0.3) is 0 Å². The molecule has 3 aromatic heterocycles. The third kappa shape index (κ3) is 4.21. The normalized spacial score (nSPS) is 13.4. The molecule has 0 saturated heterocycles. The lowest BCUT2D eigenvalue weighted by Gasteiger charge is -2.31. The zero-order valence-electron chi connectivity index (χ0n) is 32.7. The molecule has 0 atom stereocenters. The third-order valence-corrected chi connectivity index (χ3v) is 13.2. The van der Waals surface area contributed by atoms with Gasteiger partial charge in [0, 0.05) is 38.2 Å². The molecule has 2 aliphatic carbocycles. The Hall–Kier alpha value is -8.15. The van der Waals surface area contributed by atoms with Crippen molar-refractivity contribution in [1.82, 2.24) is 19.5 Å². The molecule has 282 valence electrons. The fraction of sp³-hybridized carbons (Fsp3) is 0.0179. The predicted octanol–water partition coefficient (Wildman–Crippen LogP) is 13.7. The molecule has 14 rings (SSSR count). The molecule has 5 nitrogen and oxygen atoms in total. The number of aromatic nitrogens is 4. The number of para-hydroxylation sites is 2. The highest BCUT2D eigenvalue weighted by molar-refractivity contribution is 6.27. The standard InChI is InChI=1S/C56H32N4O/c1-2-16-33(17-3-1)53-57-54(34-30-31-48-42(32-34)37-20-10-15-29-47(37)61-48)59-55(58-53)60-46-28-14-9-24-41(46)50-39-22-5-4-21-38(39)49-40-23-8-13-27-45(40)56(51(49)52(50)60)43-25-11-6-18-35(43)36-19-7-12-26-44(36)56/h1-32H. The van der Waals surface area contributed by atoms with E-state index in [9.17, 15) is 0 Å². The van der Waals surface area contributed by atoms with Crippen LogP contribution in [0.3, 0.4) is 0 Å². The second-order valence-electron chi connectivity index (χ2n) is 16.2. The second-order valence-corrected chi connectivity index (χ2v) is 16.2. The summed E-state index contributed by atoms with van der Waals surface area (Å²) in [6.07, 6.45) is 0. The van der Waals surface area contributed by atoms with Gasteiger partial charge in [0.1, 0.15) is 11.2 Å². The fourth-order valence-electron chi connectivity index (χ4n) is 10.9. The Labute approximate surface area is 349 Å². The number of nitrogens with zero attached hydrogens (tertiary/aromatic N) is 4. The summed E-state index contributed by atoms with van der Waals surface area (Å²) in [5.74, 6) is 1.76. The van der Waals surface area contributed by atoms with Gasteiger partial charge in [-0.3, -0.25) is 4.57 Å². The van der Waals surface area contributed by atoms with Gasteiger partial charge in [-0.1, -0.05) is 164 Å². The van der Waals surface area contributed by atoms with Gasteiger partial charge in [0.2, 0.25) is 5.95 Å². The molecule has 5 heteroatoms. The highest BCUT2D eigenvalue weighted by atomic mass is 16.3. The Bertz CT molecular complexity index is 3790. The van der Waals surface area contributed by atoms with Crippen LogP contribution in [0.15, 0.2) is 199 Å². The maximum Gasteiger partial charge on any atom is 0.238 e. The minimum absolute atomic E-state index is 0.565. The largest absolute Gasteiger partial charge is 0.456 e. The molecule has 1 spiro atoms. The van der Waals surface area contributed by atoms with Crippen LogP contribution in [0, 0.1) is 0 Å². The van der Waals surface area contributed by atoms with Crippen LogP contribution in [0.1, 0.15) is 22.3 Å². The maximum atomic E-state index is 6.26. The molecule has 2 aliphatic rings. The molecule has 0 aliphatic heterocycles. The highest BCUT2D eigenvalue weighted by Gasteiger charge is 2.53. The number of rotatable bonds is 3. The molecular formula is C56H32N4O. The van der Waals surface area contributed by atoms with Crippen LogP contribution in [0.5, 0.6) is 0 Å². The smallest absolute Gasteiger partial charge is 0.238 e. The quantitative estimate of drug-likeness (QED) is 0.179. The second kappa shape index (κ2) is 12.0. The molecular weight excluding hydrogens is 745 g/mol. The summed E-state index contributed by atoms with van der Waals surface area (Å²) in [6, 6.07) is 69.5. The SMILES string of the molecule is c1ccc(-c2nc(-c3ccc4oc5ccccc5c4c3)nc(-n3c4ccccc4c4c5ccccc5c5c(c43)C3(c4ccccc4-c4ccccc43)c3ccccc3-5)n2)cc1. The van der Waals surface area contributed by atoms with Gasteiger partial charge in [0.05, 0.1) is 16.4 Å². The Kier molecular flexibility index (Phi) is 6.43. The van der Waals surface area contributed by atoms with Crippen molar-refractivity contribution in [1.29, 1.82) is 0 Å². The Morgan fingerprint density at radius 3 is 1.72 bits per heavy atom. The van der Waals surface area contributed by atoms with Crippen LogP contribution in [0.2, 0.25) is 0 Å². The average molecular weight is 777 g/mol. The van der Waals surface area contributed by atoms with Gasteiger partial charge >= 0.3 is 0 Å². The van der Waals surface area contributed by atoms with E-state index in [4.69, 9.17) is 19.4 Å². The maximum absolute atomic E-state index is 6.26. The summed E-state index contributed by atoms with van der Waals surface area (Å²) in [4.78, 5) is 16.2. The van der Waals surface area contributed by atoms with Crippen LogP contribution in [0.25, 0.3) is 105 Å². The fourth-order valence-corrected chi connectivity index (χ4v) is 10.9. The summed E-state index contributed by atoms with van der Waals surface area (Å²) < 4.78 is 8.60. The molecule has 61 heavy (non-hydrogen) atoms. The molecule has 0 saturated carbocycles. The molecule has 0 bridgehead atoms. The van der Waals surface area contributed by atoms with E-state index in [1.54, 1.807) is 0 Å². The van der Waals surface area contributed by atoms with Crippen molar-refractivity contribution in [2.24, 2.45) is 0 Å². The van der Waals surface area contributed by atoms with E-state index in [1.807, 2.05) is 36.4 Å². The number of benzene rings is 9. The first-order chi connectivity index (χ1) is 30.3. The molecule has 0 fully saturated rings. The van der Waals surface area contributed by atoms with Gasteiger partial charge in [-0.15, -0.1) is 0 Å². The average Bonchev–Trinajstić information content (AvgIpc) is 4.05.